The minimum atomic E-state index is 0.612. The van der Waals surface area contributed by atoms with E-state index in [1.807, 2.05) is 0 Å². The molecule has 1 N–H and O–H groups in total. The summed E-state index contributed by atoms with van der Waals surface area (Å²) in [6, 6.07) is 6.40. The number of aromatic nitrogens is 2. The van der Waals surface area contributed by atoms with Crippen molar-refractivity contribution in [2.45, 2.75) is 19.9 Å². The molecule has 0 bridgehead atoms. The average molecular weight is 259 g/mol. The minimum absolute atomic E-state index is 0.612. The first-order valence-corrected chi connectivity index (χ1v) is 6.67. The van der Waals surface area contributed by atoms with Gasteiger partial charge in [-0.3, -0.25) is 0 Å². The van der Waals surface area contributed by atoms with Gasteiger partial charge in [-0.2, -0.15) is 0 Å². The molecule has 92 valence electrons. The Morgan fingerprint density at radius 1 is 1.39 bits per heavy atom. The molecule has 0 aliphatic heterocycles. The first kappa shape index (κ1) is 11.2. The summed E-state index contributed by atoms with van der Waals surface area (Å²) >= 11 is 1.66. The van der Waals surface area contributed by atoms with Crippen molar-refractivity contribution in [1.29, 1.82) is 0 Å². The van der Waals surface area contributed by atoms with E-state index in [1.54, 1.807) is 17.5 Å². The molecule has 5 heteroatoms. The summed E-state index contributed by atoms with van der Waals surface area (Å²) < 4.78 is 6.39. The lowest BCUT2D eigenvalue weighted by molar-refractivity contribution is 0.511. The summed E-state index contributed by atoms with van der Waals surface area (Å²) in [6.07, 6.45) is 4.19. The van der Waals surface area contributed by atoms with E-state index < -0.39 is 0 Å². The Morgan fingerprint density at radius 3 is 3.11 bits per heavy atom. The highest BCUT2D eigenvalue weighted by Gasteiger charge is 2.05. The molecule has 0 saturated carbocycles. The number of hydrogen-bond donors (Lipinski definition) is 1. The first-order chi connectivity index (χ1) is 8.85. The van der Waals surface area contributed by atoms with Crippen LogP contribution in [0.5, 0.6) is 0 Å². The van der Waals surface area contributed by atoms with Gasteiger partial charge in [0.05, 0.1) is 23.0 Å². The normalized spacial score (nSPS) is 10.9. The standard InChI is InChI=1S/C13H13N3OS/c1-2-9-3-4-11-12(5-9)18-13(16-11)15-7-10-6-14-8-17-10/h3-6,8H,2,7H2,1H3,(H,15,16). The predicted octanol–water partition coefficient (Wildman–Crippen LogP) is 3.46. The molecule has 2 aromatic heterocycles. The van der Waals surface area contributed by atoms with Crippen LogP contribution in [-0.2, 0) is 13.0 Å². The van der Waals surface area contributed by atoms with Crippen LogP contribution < -0.4 is 5.32 Å². The van der Waals surface area contributed by atoms with Crippen molar-refractivity contribution in [1.82, 2.24) is 9.97 Å². The summed E-state index contributed by atoms with van der Waals surface area (Å²) in [4.78, 5) is 8.41. The van der Waals surface area contributed by atoms with E-state index in [2.05, 4.69) is 40.4 Å². The van der Waals surface area contributed by atoms with Crippen molar-refractivity contribution < 1.29 is 4.42 Å². The van der Waals surface area contributed by atoms with Crippen LogP contribution in [0.1, 0.15) is 18.2 Å². The van der Waals surface area contributed by atoms with Gasteiger partial charge in [-0.25, -0.2) is 9.97 Å². The molecular weight excluding hydrogens is 246 g/mol. The maximum atomic E-state index is 5.17. The number of hydrogen-bond acceptors (Lipinski definition) is 5. The van der Waals surface area contributed by atoms with Gasteiger partial charge in [0, 0.05) is 0 Å². The molecule has 0 radical (unpaired) electrons. The number of nitrogens with one attached hydrogen (secondary N) is 1. The van der Waals surface area contributed by atoms with Crippen LogP contribution in [0.25, 0.3) is 10.2 Å². The van der Waals surface area contributed by atoms with E-state index in [1.165, 1.54) is 16.7 Å². The van der Waals surface area contributed by atoms with Crippen LogP contribution in [0, 0.1) is 0 Å². The fourth-order valence-corrected chi connectivity index (χ4v) is 2.68. The molecule has 0 unspecified atom stereocenters. The predicted molar refractivity (Wildman–Crippen MR) is 72.8 cm³/mol. The maximum Gasteiger partial charge on any atom is 0.184 e. The van der Waals surface area contributed by atoms with Crippen molar-refractivity contribution in [2.24, 2.45) is 0 Å². The zero-order chi connectivity index (χ0) is 12.4. The Bertz CT molecular complexity index is 645. The summed E-state index contributed by atoms with van der Waals surface area (Å²) in [5, 5.41) is 4.16. The van der Waals surface area contributed by atoms with Gasteiger partial charge in [-0.05, 0) is 24.1 Å². The maximum absolute atomic E-state index is 5.17. The second-order valence-electron chi connectivity index (χ2n) is 4.00. The molecule has 0 atom stereocenters. The minimum Gasteiger partial charge on any atom is -0.447 e. The monoisotopic (exact) mass is 259 g/mol. The number of aryl methyl sites for hydroxylation is 1. The zero-order valence-corrected chi connectivity index (χ0v) is 10.8. The van der Waals surface area contributed by atoms with Crippen LogP contribution in [0.15, 0.2) is 35.2 Å². The highest BCUT2D eigenvalue weighted by Crippen LogP contribution is 2.27. The number of oxazole rings is 1. The Hall–Kier alpha value is -1.88. The average Bonchev–Trinajstić information content (AvgIpc) is 3.04. The van der Waals surface area contributed by atoms with Gasteiger partial charge in [0.1, 0.15) is 5.76 Å². The van der Waals surface area contributed by atoms with Crippen molar-refractivity contribution >= 4 is 26.7 Å². The number of thiazole rings is 1. The molecule has 0 fully saturated rings. The van der Waals surface area contributed by atoms with E-state index in [4.69, 9.17) is 4.42 Å². The molecule has 18 heavy (non-hydrogen) atoms. The van der Waals surface area contributed by atoms with Gasteiger partial charge >= 0.3 is 0 Å². The molecular formula is C13H13N3OS. The molecule has 3 aromatic rings. The second-order valence-corrected chi connectivity index (χ2v) is 5.03. The van der Waals surface area contributed by atoms with E-state index in [0.29, 0.717) is 6.54 Å². The summed E-state index contributed by atoms with van der Waals surface area (Å²) in [5.41, 5.74) is 2.38. The van der Waals surface area contributed by atoms with Gasteiger partial charge in [0.25, 0.3) is 0 Å². The number of nitrogens with zero attached hydrogens (tertiary/aromatic N) is 2. The van der Waals surface area contributed by atoms with E-state index >= 15 is 0 Å². The van der Waals surface area contributed by atoms with Crippen LogP contribution in [0.3, 0.4) is 0 Å². The SMILES string of the molecule is CCc1ccc2nc(NCc3cnco3)sc2c1. The second kappa shape index (κ2) is 4.78. The van der Waals surface area contributed by atoms with E-state index in [-0.39, 0.29) is 0 Å². The van der Waals surface area contributed by atoms with Crippen LogP contribution in [0.4, 0.5) is 5.13 Å². The van der Waals surface area contributed by atoms with Crippen molar-refractivity contribution in [2.75, 3.05) is 5.32 Å². The van der Waals surface area contributed by atoms with Gasteiger partial charge in [0.2, 0.25) is 0 Å². The number of benzene rings is 1. The lowest BCUT2D eigenvalue weighted by atomic mass is 10.2. The Kier molecular flexibility index (Phi) is 2.98. The van der Waals surface area contributed by atoms with Gasteiger partial charge in [0.15, 0.2) is 11.5 Å². The van der Waals surface area contributed by atoms with Crippen molar-refractivity contribution in [3.05, 3.63) is 42.1 Å². The molecule has 2 heterocycles. The molecule has 0 aliphatic carbocycles. The lowest BCUT2D eigenvalue weighted by Gasteiger charge is -1.96. The van der Waals surface area contributed by atoms with Crippen LogP contribution in [-0.4, -0.2) is 9.97 Å². The fraction of sp³-hybridized carbons (Fsp3) is 0.231. The smallest absolute Gasteiger partial charge is 0.184 e. The van der Waals surface area contributed by atoms with Crippen molar-refractivity contribution in [3.8, 4) is 0 Å². The third kappa shape index (κ3) is 2.22. The van der Waals surface area contributed by atoms with Crippen LogP contribution in [0.2, 0.25) is 0 Å². The van der Waals surface area contributed by atoms with Gasteiger partial charge in [-0.1, -0.05) is 24.3 Å². The van der Waals surface area contributed by atoms with Crippen molar-refractivity contribution in [3.63, 3.8) is 0 Å². The lowest BCUT2D eigenvalue weighted by Crippen LogP contribution is -1.96. The Morgan fingerprint density at radius 2 is 2.33 bits per heavy atom. The Balaban J connectivity index is 1.80. The number of fused-ring (bicyclic) bond motifs is 1. The third-order valence-corrected chi connectivity index (χ3v) is 3.73. The van der Waals surface area contributed by atoms with E-state index in [9.17, 15) is 0 Å². The topological polar surface area (TPSA) is 51.0 Å². The molecule has 1 aromatic carbocycles. The van der Waals surface area contributed by atoms with Crippen LogP contribution >= 0.6 is 11.3 Å². The highest BCUT2D eigenvalue weighted by atomic mass is 32.1. The largest absolute Gasteiger partial charge is 0.447 e. The number of anilines is 1. The zero-order valence-electron chi connectivity index (χ0n) is 10.0. The molecule has 0 spiro atoms. The highest BCUT2D eigenvalue weighted by molar-refractivity contribution is 7.22. The summed E-state index contributed by atoms with van der Waals surface area (Å²) in [6.45, 7) is 2.77. The molecule has 0 amide bonds. The molecule has 0 aliphatic rings. The Labute approximate surface area is 109 Å². The fourth-order valence-electron chi connectivity index (χ4n) is 1.76. The molecule has 4 nitrogen and oxygen atoms in total. The van der Waals surface area contributed by atoms with Gasteiger partial charge in [-0.15, -0.1) is 0 Å². The first-order valence-electron chi connectivity index (χ1n) is 5.86. The third-order valence-electron chi connectivity index (χ3n) is 2.76. The molecule has 0 saturated heterocycles. The van der Waals surface area contributed by atoms with Gasteiger partial charge < -0.3 is 9.73 Å². The quantitative estimate of drug-likeness (QED) is 0.779. The summed E-state index contributed by atoms with van der Waals surface area (Å²) in [7, 11) is 0. The van der Waals surface area contributed by atoms with E-state index in [0.717, 1.165) is 22.8 Å². The summed E-state index contributed by atoms with van der Waals surface area (Å²) in [5.74, 6) is 0.809. The molecule has 3 rings (SSSR count). The number of rotatable bonds is 4.